The van der Waals surface area contributed by atoms with Gasteiger partial charge in [-0.05, 0) is 36.8 Å². The predicted molar refractivity (Wildman–Crippen MR) is 66.4 cm³/mol. The zero-order valence-corrected chi connectivity index (χ0v) is 10.5. The van der Waals surface area contributed by atoms with Crippen LogP contribution in [-0.2, 0) is 0 Å². The van der Waals surface area contributed by atoms with Gasteiger partial charge in [0.1, 0.15) is 0 Å². The van der Waals surface area contributed by atoms with Crippen molar-refractivity contribution in [3.05, 3.63) is 65.2 Å². The third kappa shape index (κ3) is 2.96. The van der Waals surface area contributed by atoms with Crippen LogP contribution in [0.3, 0.4) is 0 Å². The SMILES string of the molecule is CC(NC(=O)c1cccnc1)c1cc(F)c(F)c(F)c1. The molecule has 20 heavy (non-hydrogen) atoms. The molecule has 1 amide bonds. The van der Waals surface area contributed by atoms with Crippen molar-refractivity contribution >= 4 is 5.91 Å². The maximum atomic E-state index is 13.1. The monoisotopic (exact) mass is 280 g/mol. The molecule has 0 saturated heterocycles. The highest BCUT2D eigenvalue weighted by Crippen LogP contribution is 2.19. The smallest absolute Gasteiger partial charge is 0.253 e. The molecule has 6 heteroatoms. The van der Waals surface area contributed by atoms with Crippen LogP contribution >= 0.6 is 0 Å². The molecule has 1 aromatic heterocycles. The summed E-state index contributed by atoms with van der Waals surface area (Å²) in [4.78, 5) is 15.6. The number of hydrogen-bond donors (Lipinski definition) is 1. The summed E-state index contributed by atoms with van der Waals surface area (Å²) in [6, 6.07) is 4.18. The number of nitrogens with one attached hydrogen (secondary N) is 1. The van der Waals surface area contributed by atoms with E-state index >= 15 is 0 Å². The molecule has 0 aliphatic rings. The van der Waals surface area contributed by atoms with Gasteiger partial charge in [0, 0.05) is 12.4 Å². The number of carbonyl (C=O) groups is 1. The zero-order valence-electron chi connectivity index (χ0n) is 10.5. The van der Waals surface area contributed by atoms with Crippen LogP contribution in [0.1, 0.15) is 28.9 Å². The van der Waals surface area contributed by atoms with Gasteiger partial charge in [-0.15, -0.1) is 0 Å². The molecule has 1 aromatic carbocycles. The Bertz CT molecular complexity index is 609. The summed E-state index contributed by atoms with van der Waals surface area (Å²) in [6.07, 6.45) is 2.89. The summed E-state index contributed by atoms with van der Waals surface area (Å²) in [6.45, 7) is 1.54. The summed E-state index contributed by atoms with van der Waals surface area (Å²) in [5, 5.41) is 2.55. The van der Waals surface area contributed by atoms with E-state index in [0.29, 0.717) is 5.56 Å². The predicted octanol–water partition coefficient (Wildman–Crippen LogP) is 2.99. The Morgan fingerprint density at radius 3 is 2.45 bits per heavy atom. The van der Waals surface area contributed by atoms with Crippen LogP contribution in [0, 0.1) is 17.5 Å². The Morgan fingerprint density at radius 1 is 1.25 bits per heavy atom. The van der Waals surface area contributed by atoms with Crippen LogP contribution in [0.4, 0.5) is 13.2 Å². The van der Waals surface area contributed by atoms with E-state index in [-0.39, 0.29) is 5.56 Å². The minimum absolute atomic E-state index is 0.138. The number of amides is 1. The molecule has 0 spiro atoms. The number of rotatable bonds is 3. The Kier molecular flexibility index (Phi) is 4.02. The number of aromatic nitrogens is 1. The van der Waals surface area contributed by atoms with Gasteiger partial charge in [0.2, 0.25) is 0 Å². The number of carbonyl (C=O) groups excluding carboxylic acids is 1. The molecule has 1 atom stereocenters. The topological polar surface area (TPSA) is 42.0 Å². The summed E-state index contributed by atoms with van der Waals surface area (Å²) in [5.74, 6) is -4.54. The van der Waals surface area contributed by atoms with E-state index in [0.717, 1.165) is 12.1 Å². The Morgan fingerprint density at radius 2 is 1.90 bits per heavy atom. The molecule has 0 saturated carbocycles. The normalized spacial score (nSPS) is 12.0. The van der Waals surface area contributed by atoms with Crippen LogP contribution in [0.5, 0.6) is 0 Å². The molecule has 0 radical (unpaired) electrons. The molecular formula is C14H11F3N2O. The van der Waals surface area contributed by atoms with Crippen LogP contribution in [0.2, 0.25) is 0 Å². The largest absolute Gasteiger partial charge is 0.345 e. The van der Waals surface area contributed by atoms with E-state index in [4.69, 9.17) is 0 Å². The molecule has 0 fully saturated rings. The number of hydrogen-bond acceptors (Lipinski definition) is 2. The van der Waals surface area contributed by atoms with Crippen molar-refractivity contribution in [1.29, 1.82) is 0 Å². The lowest BCUT2D eigenvalue weighted by atomic mass is 10.1. The molecule has 104 valence electrons. The first-order valence-corrected chi connectivity index (χ1v) is 5.84. The van der Waals surface area contributed by atoms with Crippen molar-refractivity contribution in [3.63, 3.8) is 0 Å². The van der Waals surface area contributed by atoms with Gasteiger partial charge in [0.25, 0.3) is 5.91 Å². The van der Waals surface area contributed by atoms with Gasteiger partial charge in [-0.3, -0.25) is 9.78 Å². The van der Waals surface area contributed by atoms with Gasteiger partial charge >= 0.3 is 0 Å². The summed E-state index contributed by atoms with van der Waals surface area (Å²) in [7, 11) is 0. The molecule has 1 unspecified atom stereocenters. The van der Waals surface area contributed by atoms with E-state index in [9.17, 15) is 18.0 Å². The van der Waals surface area contributed by atoms with Gasteiger partial charge in [-0.25, -0.2) is 13.2 Å². The third-order valence-electron chi connectivity index (χ3n) is 2.78. The number of halogens is 3. The van der Waals surface area contributed by atoms with Crippen molar-refractivity contribution < 1.29 is 18.0 Å². The second-order valence-electron chi connectivity index (χ2n) is 4.24. The van der Waals surface area contributed by atoms with Gasteiger partial charge in [-0.2, -0.15) is 0 Å². The minimum atomic E-state index is -1.53. The fourth-order valence-corrected chi connectivity index (χ4v) is 1.69. The Balaban J connectivity index is 2.16. The highest BCUT2D eigenvalue weighted by molar-refractivity contribution is 5.94. The van der Waals surface area contributed by atoms with E-state index < -0.39 is 29.4 Å². The lowest BCUT2D eigenvalue weighted by molar-refractivity contribution is 0.0939. The maximum Gasteiger partial charge on any atom is 0.253 e. The van der Waals surface area contributed by atoms with Crippen LogP contribution in [0.25, 0.3) is 0 Å². The minimum Gasteiger partial charge on any atom is -0.345 e. The van der Waals surface area contributed by atoms with Gasteiger partial charge < -0.3 is 5.32 Å². The quantitative estimate of drug-likeness (QED) is 0.878. The first-order chi connectivity index (χ1) is 9.49. The number of pyridine rings is 1. The second-order valence-corrected chi connectivity index (χ2v) is 4.24. The molecule has 1 heterocycles. The van der Waals surface area contributed by atoms with Crippen molar-refractivity contribution in [3.8, 4) is 0 Å². The summed E-state index contributed by atoms with van der Waals surface area (Å²) in [5.41, 5.74) is 0.459. The Labute approximate surface area is 113 Å². The van der Waals surface area contributed by atoms with Crippen molar-refractivity contribution in [2.75, 3.05) is 0 Å². The van der Waals surface area contributed by atoms with Gasteiger partial charge in [-0.1, -0.05) is 0 Å². The average molecular weight is 280 g/mol. The molecule has 0 bridgehead atoms. The summed E-state index contributed by atoms with van der Waals surface area (Å²) >= 11 is 0. The molecule has 2 aromatic rings. The highest BCUT2D eigenvalue weighted by atomic mass is 19.2. The highest BCUT2D eigenvalue weighted by Gasteiger charge is 2.16. The van der Waals surface area contributed by atoms with E-state index in [1.54, 1.807) is 19.1 Å². The van der Waals surface area contributed by atoms with E-state index in [1.807, 2.05) is 0 Å². The van der Waals surface area contributed by atoms with Crippen molar-refractivity contribution in [1.82, 2.24) is 10.3 Å². The maximum absolute atomic E-state index is 13.1. The van der Waals surface area contributed by atoms with Crippen LogP contribution < -0.4 is 5.32 Å². The van der Waals surface area contributed by atoms with Crippen LogP contribution in [-0.4, -0.2) is 10.9 Å². The molecule has 1 N–H and O–H groups in total. The first kappa shape index (κ1) is 14.0. The number of benzene rings is 1. The summed E-state index contributed by atoms with van der Waals surface area (Å²) < 4.78 is 39.1. The molecule has 0 aliphatic heterocycles. The first-order valence-electron chi connectivity index (χ1n) is 5.84. The third-order valence-corrected chi connectivity index (χ3v) is 2.78. The lowest BCUT2D eigenvalue weighted by Gasteiger charge is -2.14. The standard InChI is InChI=1S/C14H11F3N2O/c1-8(10-5-11(15)13(17)12(16)6-10)19-14(20)9-3-2-4-18-7-9/h2-8H,1H3,(H,19,20). The second kappa shape index (κ2) is 5.73. The fourth-order valence-electron chi connectivity index (χ4n) is 1.69. The molecule has 3 nitrogen and oxygen atoms in total. The average Bonchev–Trinajstić information content (AvgIpc) is 2.45. The molecular weight excluding hydrogens is 269 g/mol. The number of nitrogens with zero attached hydrogens (tertiary/aromatic N) is 1. The molecule has 0 aliphatic carbocycles. The molecule has 2 rings (SSSR count). The Hall–Kier alpha value is -2.37. The zero-order chi connectivity index (χ0) is 14.7. The van der Waals surface area contributed by atoms with E-state index in [2.05, 4.69) is 10.3 Å². The van der Waals surface area contributed by atoms with Crippen LogP contribution in [0.15, 0.2) is 36.7 Å². The van der Waals surface area contributed by atoms with Crippen molar-refractivity contribution in [2.24, 2.45) is 0 Å². The van der Waals surface area contributed by atoms with E-state index in [1.165, 1.54) is 12.4 Å². The van der Waals surface area contributed by atoms with Crippen molar-refractivity contribution in [2.45, 2.75) is 13.0 Å². The fraction of sp³-hybridized carbons (Fsp3) is 0.143. The van der Waals surface area contributed by atoms with Gasteiger partial charge in [0.05, 0.1) is 11.6 Å². The van der Waals surface area contributed by atoms with Gasteiger partial charge in [0.15, 0.2) is 17.5 Å². The lowest BCUT2D eigenvalue weighted by Crippen LogP contribution is -2.27.